The van der Waals surface area contributed by atoms with Gasteiger partial charge in [0.05, 0.1) is 6.04 Å². The number of allylic oxidation sites excluding steroid dienone is 2. The van der Waals surface area contributed by atoms with Crippen molar-refractivity contribution in [3.8, 4) is 0 Å². The van der Waals surface area contributed by atoms with Crippen LogP contribution in [0.15, 0.2) is 24.4 Å². The van der Waals surface area contributed by atoms with E-state index in [1.54, 1.807) is 0 Å². The summed E-state index contributed by atoms with van der Waals surface area (Å²) < 4.78 is 5.34. The van der Waals surface area contributed by atoms with Crippen LogP contribution in [0.3, 0.4) is 0 Å². The monoisotopic (exact) mass is 149 g/mol. The lowest BCUT2D eigenvalue weighted by Gasteiger charge is -2.26. The van der Waals surface area contributed by atoms with E-state index in [-0.39, 0.29) is 0 Å². The fourth-order valence-corrected chi connectivity index (χ4v) is 1.29. The summed E-state index contributed by atoms with van der Waals surface area (Å²) >= 11 is 0. The summed E-state index contributed by atoms with van der Waals surface area (Å²) in [4.78, 5) is 2.13. The fourth-order valence-electron chi connectivity index (χ4n) is 1.29. The highest BCUT2D eigenvalue weighted by Gasteiger charge is 2.17. The van der Waals surface area contributed by atoms with Crippen LogP contribution >= 0.6 is 0 Å². The lowest BCUT2D eigenvalue weighted by Crippen LogP contribution is -2.30. The number of rotatable bonds is 0. The minimum absolute atomic E-state index is 0.336. The molecule has 2 radical (unpaired) electrons. The number of hydrogen-bond acceptors (Lipinski definition) is 2. The minimum atomic E-state index is 0.336. The van der Waals surface area contributed by atoms with E-state index in [9.17, 15) is 0 Å². The first-order chi connectivity index (χ1) is 5.47. The first-order valence-electron chi connectivity index (χ1n) is 3.89. The molecule has 0 bridgehead atoms. The summed E-state index contributed by atoms with van der Waals surface area (Å²) in [7, 11) is 0. The Morgan fingerprint density at radius 1 is 1.45 bits per heavy atom. The zero-order valence-electron chi connectivity index (χ0n) is 6.36. The predicted molar refractivity (Wildman–Crippen MR) is 42.6 cm³/mol. The maximum absolute atomic E-state index is 5.34. The van der Waals surface area contributed by atoms with Crippen LogP contribution in [0.5, 0.6) is 0 Å². The second-order valence-electron chi connectivity index (χ2n) is 2.68. The van der Waals surface area contributed by atoms with Crippen molar-refractivity contribution in [1.29, 1.82) is 0 Å². The highest BCUT2D eigenvalue weighted by atomic mass is 16.5. The van der Waals surface area contributed by atoms with Crippen LogP contribution in [0.4, 0.5) is 0 Å². The molecule has 0 aliphatic carbocycles. The molecule has 2 aliphatic rings. The van der Waals surface area contributed by atoms with Crippen LogP contribution in [-0.4, -0.2) is 24.3 Å². The third-order valence-electron chi connectivity index (χ3n) is 1.88. The van der Waals surface area contributed by atoms with Gasteiger partial charge in [-0.2, -0.15) is 0 Å². The highest BCUT2D eigenvalue weighted by Crippen LogP contribution is 2.15. The zero-order chi connectivity index (χ0) is 7.52. The molecule has 2 rings (SSSR count). The summed E-state index contributed by atoms with van der Waals surface area (Å²) in [6.07, 6.45) is 12.5. The Labute approximate surface area is 67.1 Å². The molecule has 1 saturated heterocycles. The molecule has 11 heavy (non-hydrogen) atoms. The van der Waals surface area contributed by atoms with Gasteiger partial charge >= 0.3 is 0 Å². The van der Waals surface area contributed by atoms with Gasteiger partial charge in [-0.15, -0.1) is 0 Å². The van der Waals surface area contributed by atoms with Crippen LogP contribution in [0.2, 0.25) is 0 Å². The fraction of sp³-hybridized carbons (Fsp3) is 0.444. The first kappa shape index (κ1) is 6.92. The molecule has 0 saturated carbocycles. The number of hydrogen-bond donors (Lipinski definition) is 0. The molecule has 1 unspecified atom stereocenters. The van der Waals surface area contributed by atoms with Crippen molar-refractivity contribution in [3.05, 3.63) is 30.8 Å². The molecule has 0 spiro atoms. The normalized spacial score (nSPS) is 29.8. The van der Waals surface area contributed by atoms with E-state index in [2.05, 4.69) is 23.5 Å². The maximum atomic E-state index is 5.34. The van der Waals surface area contributed by atoms with Crippen LogP contribution in [0, 0.1) is 6.42 Å². The maximum Gasteiger partial charge on any atom is 0.118 e. The molecule has 1 atom stereocenters. The average Bonchev–Trinajstić information content (AvgIpc) is 2.28. The van der Waals surface area contributed by atoms with E-state index in [0.29, 0.717) is 12.8 Å². The summed E-state index contributed by atoms with van der Waals surface area (Å²) in [5.74, 6) is 0. The number of ether oxygens (including phenoxy) is 1. The number of nitrogens with zero attached hydrogens (tertiary/aromatic N) is 1. The first-order valence-corrected chi connectivity index (χ1v) is 3.89. The standard InChI is InChI=1S/C9H11NO/c1-2-6-10-8-11-7-3-5-9(10)4-1/h1-2,4,6,9H,3,7-8H2. The van der Waals surface area contributed by atoms with Crippen molar-refractivity contribution in [1.82, 2.24) is 4.90 Å². The van der Waals surface area contributed by atoms with Gasteiger partial charge in [0, 0.05) is 19.2 Å². The lowest BCUT2D eigenvalue weighted by atomic mass is 10.1. The SMILES string of the molecule is [C]1CCOCN2C=CC=CC12. The second kappa shape index (κ2) is 3.09. The molecule has 2 nitrogen and oxygen atoms in total. The van der Waals surface area contributed by atoms with Crippen molar-refractivity contribution in [2.75, 3.05) is 13.3 Å². The van der Waals surface area contributed by atoms with Crippen LogP contribution in [0.25, 0.3) is 0 Å². The summed E-state index contributed by atoms with van der Waals surface area (Å²) in [5, 5.41) is 0. The third-order valence-corrected chi connectivity index (χ3v) is 1.88. The Bertz CT molecular complexity index is 166. The molecular formula is C9H11NO. The summed E-state index contributed by atoms with van der Waals surface area (Å²) in [6, 6.07) is 0.336. The molecule has 58 valence electrons. The van der Waals surface area contributed by atoms with E-state index in [4.69, 9.17) is 4.74 Å². The van der Waals surface area contributed by atoms with E-state index in [1.165, 1.54) is 0 Å². The van der Waals surface area contributed by atoms with E-state index in [0.717, 1.165) is 13.0 Å². The molecule has 0 aromatic heterocycles. The molecule has 2 heteroatoms. The van der Waals surface area contributed by atoms with Gasteiger partial charge in [-0.1, -0.05) is 12.2 Å². The third kappa shape index (κ3) is 1.46. The van der Waals surface area contributed by atoms with Gasteiger partial charge in [-0.3, -0.25) is 0 Å². The van der Waals surface area contributed by atoms with Crippen molar-refractivity contribution in [3.63, 3.8) is 0 Å². The minimum Gasteiger partial charge on any atom is -0.361 e. The van der Waals surface area contributed by atoms with Crippen LogP contribution < -0.4 is 0 Å². The molecule has 0 amide bonds. The van der Waals surface area contributed by atoms with Gasteiger partial charge in [0.15, 0.2) is 0 Å². The van der Waals surface area contributed by atoms with E-state index in [1.807, 2.05) is 12.3 Å². The predicted octanol–water partition coefficient (Wildman–Crippen LogP) is 1.20. The Morgan fingerprint density at radius 3 is 3.45 bits per heavy atom. The Hall–Kier alpha value is -0.760. The van der Waals surface area contributed by atoms with Gasteiger partial charge in [-0.05, 0) is 12.5 Å². The average molecular weight is 149 g/mol. The molecule has 0 aromatic rings. The Balaban J connectivity index is 2.07. The quantitative estimate of drug-likeness (QED) is 0.513. The molecule has 1 fully saturated rings. The highest BCUT2D eigenvalue weighted by molar-refractivity contribution is 5.16. The molecule has 2 heterocycles. The molecule has 2 aliphatic heterocycles. The van der Waals surface area contributed by atoms with Gasteiger partial charge in [-0.25, -0.2) is 0 Å². The van der Waals surface area contributed by atoms with Crippen molar-refractivity contribution in [2.24, 2.45) is 0 Å². The van der Waals surface area contributed by atoms with Crippen LogP contribution in [-0.2, 0) is 4.74 Å². The topological polar surface area (TPSA) is 12.5 Å². The zero-order valence-corrected chi connectivity index (χ0v) is 6.36. The second-order valence-corrected chi connectivity index (χ2v) is 2.68. The van der Waals surface area contributed by atoms with Gasteiger partial charge in [0.2, 0.25) is 0 Å². The van der Waals surface area contributed by atoms with Crippen molar-refractivity contribution < 1.29 is 4.74 Å². The molecular weight excluding hydrogens is 138 g/mol. The Morgan fingerprint density at radius 2 is 2.45 bits per heavy atom. The van der Waals surface area contributed by atoms with Crippen molar-refractivity contribution in [2.45, 2.75) is 12.5 Å². The summed E-state index contributed by atoms with van der Waals surface area (Å²) in [5.41, 5.74) is 0. The molecule has 0 aromatic carbocycles. The van der Waals surface area contributed by atoms with E-state index < -0.39 is 0 Å². The lowest BCUT2D eigenvalue weighted by molar-refractivity contribution is 0.0664. The van der Waals surface area contributed by atoms with Crippen LogP contribution in [0.1, 0.15) is 6.42 Å². The molecule has 0 N–H and O–H groups in total. The smallest absolute Gasteiger partial charge is 0.118 e. The van der Waals surface area contributed by atoms with E-state index >= 15 is 0 Å². The van der Waals surface area contributed by atoms with Gasteiger partial charge in [0.25, 0.3) is 0 Å². The van der Waals surface area contributed by atoms with Gasteiger partial charge in [0.1, 0.15) is 6.73 Å². The largest absolute Gasteiger partial charge is 0.361 e. The van der Waals surface area contributed by atoms with Crippen molar-refractivity contribution >= 4 is 0 Å². The summed E-state index contributed by atoms with van der Waals surface area (Å²) in [6.45, 7) is 1.49. The number of fused-ring (bicyclic) bond motifs is 1. The van der Waals surface area contributed by atoms with Gasteiger partial charge < -0.3 is 9.64 Å². The Kier molecular flexibility index (Phi) is 1.95.